The summed E-state index contributed by atoms with van der Waals surface area (Å²) in [5.41, 5.74) is 3.30. The van der Waals surface area contributed by atoms with Crippen LogP contribution in [-0.2, 0) is 19.1 Å². The van der Waals surface area contributed by atoms with Crippen LogP contribution in [0, 0.1) is 5.41 Å². The second-order valence-electron chi connectivity index (χ2n) is 8.83. The minimum absolute atomic E-state index is 0.0724. The molecule has 2 aromatic carbocycles. The van der Waals surface area contributed by atoms with Gasteiger partial charge in [-0.25, -0.2) is 4.79 Å². The molecule has 1 unspecified atom stereocenters. The number of alkyl carbamates (subject to hydrolysis) is 1. The van der Waals surface area contributed by atoms with E-state index < -0.39 is 35.5 Å². The Balaban J connectivity index is 1.66. The lowest BCUT2D eigenvalue weighted by Crippen LogP contribution is -2.55. The Morgan fingerprint density at radius 3 is 2.12 bits per heavy atom. The van der Waals surface area contributed by atoms with Crippen LogP contribution in [0.1, 0.15) is 44.2 Å². The Labute approximate surface area is 199 Å². The molecule has 0 bridgehead atoms. The number of fused-ring (bicyclic) bond motifs is 3. The molecule has 0 fully saturated rings. The smallest absolute Gasteiger partial charge is 0.407 e. The van der Waals surface area contributed by atoms with E-state index in [2.05, 4.69) is 22.8 Å². The van der Waals surface area contributed by atoms with Crippen LogP contribution < -0.4 is 10.6 Å². The van der Waals surface area contributed by atoms with E-state index >= 15 is 0 Å². The molecule has 0 heterocycles. The molecule has 0 radical (unpaired) electrons. The molecule has 3 rings (SSSR count). The minimum atomic E-state index is -1.11. The molecule has 0 spiro atoms. The van der Waals surface area contributed by atoms with Gasteiger partial charge in [-0.15, -0.1) is 0 Å². The number of carbonyl (C=O) groups excluding carboxylic acids is 2. The van der Waals surface area contributed by atoms with Crippen molar-refractivity contribution in [3.63, 3.8) is 0 Å². The van der Waals surface area contributed by atoms with Gasteiger partial charge in [-0.3, -0.25) is 9.59 Å². The number of carbonyl (C=O) groups is 3. The quantitative estimate of drug-likeness (QED) is 0.491. The molecule has 34 heavy (non-hydrogen) atoms. The van der Waals surface area contributed by atoms with Crippen molar-refractivity contribution in [2.45, 2.75) is 45.3 Å². The van der Waals surface area contributed by atoms with Gasteiger partial charge < -0.3 is 25.2 Å². The van der Waals surface area contributed by atoms with Crippen molar-refractivity contribution < 1.29 is 29.0 Å². The normalized spacial score (nSPS) is 15.9. The maximum absolute atomic E-state index is 12.8. The molecule has 1 aliphatic carbocycles. The summed E-state index contributed by atoms with van der Waals surface area (Å²) in [6.45, 7) is 4.98. The van der Waals surface area contributed by atoms with Crippen LogP contribution in [0.3, 0.4) is 0 Å². The fraction of sp³-hybridized carbons (Fsp3) is 0.423. The van der Waals surface area contributed by atoms with E-state index in [4.69, 9.17) is 9.47 Å². The minimum Gasteiger partial charge on any atom is -0.481 e. The highest BCUT2D eigenvalue weighted by Crippen LogP contribution is 2.44. The third-order valence-electron chi connectivity index (χ3n) is 6.69. The first-order chi connectivity index (χ1) is 16.2. The lowest BCUT2D eigenvalue weighted by molar-refractivity contribution is -0.148. The van der Waals surface area contributed by atoms with Crippen molar-refractivity contribution in [1.29, 1.82) is 0 Å². The average molecular weight is 469 g/mol. The predicted molar refractivity (Wildman–Crippen MR) is 128 cm³/mol. The number of amides is 2. The number of hydrogen-bond donors (Lipinski definition) is 3. The summed E-state index contributed by atoms with van der Waals surface area (Å²) in [5, 5.41) is 14.6. The Morgan fingerprint density at radius 2 is 1.62 bits per heavy atom. The molecule has 3 N–H and O–H groups in total. The highest BCUT2D eigenvalue weighted by atomic mass is 16.5. The number of aliphatic carboxylic acids is 1. The zero-order valence-electron chi connectivity index (χ0n) is 20.0. The number of benzene rings is 2. The molecular formula is C26H32N2O6. The van der Waals surface area contributed by atoms with Gasteiger partial charge in [0.25, 0.3) is 0 Å². The zero-order valence-corrected chi connectivity index (χ0v) is 20.0. The van der Waals surface area contributed by atoms with Gasteiger partial charge in [-0.1, -0.05) is 55.5 Å². The largest absolute Gasteiger partial charge is 0.481 e. The topological polar surface area (TPSA) is 114 Å². The van der Waals surface area contributed by atoms with Crippen LogP contribution in [0.2, 0.25) is 0 Å². The zero-order chi connectivity index (χ0) is 24.9. The van der Waals surface area contributed by atoms with Crippen LogP contribution in [-0.4, -0.2) is 55.5 Å². The van der Waals surface area contributed by atoms with Gasteiger partial charge in [0, 0.05) is 19.6 Å². The summed E-state index contributed by atoms with van der Waals surface area (Å²) >= 11 is 0. The van der Waals surface area contributed by atoms with Crippen LogP contribution in [0.15, 0.2) is 48.5 Å². The standard InChI is InChI=1S/C26H32N2O6/c1-5-26(3,24(30)31)15-27-23(29)22(16(2)33-4)28-25(32)34-14-21-19-12-8-6-10-17(19)18-11-7-9-13-20(18)21/h6-13,16,21-22H,5,14-15H2,1-4H3,(H,27,29)(H,28,32)(H,30,31)/t16-,22+,26?/m1/s1. The van der Waals surface area contributed by atoms with Gasteiger partial charge in [0.1, 0.15) is 12.6 Å². The van der Waals surface area contributed by atoms with E-state index in [9.17, 15) is 19.5 Å². The highest BCUT2D eigenvalue weighted by Gasteiger charge is 2.35. The van der Waals surface area contributed by atoms with Gasteiger partial charge in [-0.2, -0.15) is 0 Å². The molecule has 8 nitrogen and oxygen atoms in total. The lowest BCUT2D eigenvalue weighted by atomic mass is 9.87. The number of methoxy groups -OCH3 is 1. The van der Waals surface area contributed by atoms with Crippen molar-refractivity contribution in [3.8, 4) is 11.1 Å². The molecule has 8 heteroatoms. The molecule has 0 saturated carbocycles. The molecular weight excluding hydrogens is 436 g/mol. The average Bonchev–Trinajstić information content (AvgIpc) is 3.17. The van der Waals surface area contributed by atoms with Crippen LogP contribution in [0.5, 0.6) is 0 Å². The number of hydrogen-bond acceptors (Lipinski definition) is 5. The molecule has 0 aliphatic heterocycles. The molecule has 0 aromatic heterocycles. The number of rotatable bonds is 10. The SMILES string of the molecule is CCC(C)(CNC(=O)[C@@H](NC(=O)OCC1c2ccccc2-c2ccccc21)[C@@H](C)OC)C(=O)O. The highest BCUT2D eigenvalue weighted by molar-refractivity contribution is 5.87. The van der Waals surface area contributed by atoms with E-state index in [0.29, 0.717) is 6.42 Å². The number of carboxylic acid groups (broad SMARTS) is 1. The number of nitrogens with one attached hydrogen (secondary N) is 2. The van der Waals surface area contributed by atoms with Crippen molar-refractivity contribution in [3.05, 3.63) is 59.7 Å². The Morgan fingerprint density at radius 1 is 1.06 bits per heavy atom. The second-order valence-corrected chi connectivity index (χ2v) is 8.83. The second kappa shape index (κ2) is 10.7. The maximum Gasteiger partial charge on any atom is 0.407 e. The number of ether oxygens (including phenoxy) is 2. The first-order valence-corrected chi connectivity index (χ1v) is 11.4. The summed E-state index contributed by atoms with van der Waals surface area (Å²) in [4.78, 5) is 37.0. The van der Waals surface area contributed by atoms with Gasteiger partial charge >= 0.3 is 12.1 Å². The Hall–Kier alpha value is -3.39. The van der Waals surface area contributed by atoms with E-state index in [1.807, 2.05) is 36.4 Å². The third kappa shape index (κ3) is 5.22. The van der Waals surface area contributed by atoms with Gasteiger partial charge in [-0.05, 0) is 42.5 Å². The van der Waals surface area contributed by atoms with Crippen LogP contribution in [0.25, 0.3) is 11.1 Å². The molecule has 1 aliphatic rings. The Kier molecular flexibility index (Phi) is 7.94. The predicted octanol–water partition coefficient (Wildman–Crippen LogP) is 3.55. The first kappa shape index (κ1) is 25.2. The summed E-state index contributed by atoms with van der Waals surface area (Å²) in [7, 11) is 1.43. The summed E-state index contributed by atoms with van der Waals surface area (Å²) in [6.07, 6.45) is -1.06. The molecule has 2 aromatic rings. The van der Waals surface area contributed by atoms with Crippen molar-refractivity contribution in [2.24, 2.45) is 5.41 Å². The lowest BCUT2D eigenvalue weighted by Gasteiger charge is -2.27. The first-order valence-electron chi connectivity index (χ1n) is 11.4. The van der Waals surface area contributed by atoms with E-state index in [-0.39, 0.29) is 19.1 Å². The van der Waals surface area contributed by atoms with E-state index in [0.717, 1.165) is 22.3 Å². The van der Waals surface area contributed by atoms with Gasteiger partial charge in [0.05, 0.1) is 11.5 Å². The molecule has 3 atom stereocenters. The monoisotopic (exact) mass is 468 g/mol. The fourth-order valence-corrected chi connectivity index (χ4v) is 4.04. The third-order valence-corrected chi connectivity index (χ3v) is 6.69. The molecule has 0 saturated heterocycles. The van der Waals surface area contributed by atoms with Crippen molar-refractivity contribution in [1.82, 2.24) is 10.6 Å². The van der Waals surface area contributed by atoms with E-state index in [1.165, 1.54) is 7.11 Å². The fourth-order valence-electron chi connectivity index (χ4n) is 4.04. The molecule has 182 valence electrons. The van der Waals surface area contributed by atoms with Crippen LogP contribution >= 0.6 is 0 Å². The van der Waals surface area contributed by atoms with E-state index in [1.54, 1.807) is 20.8 Å². The summed E-state index contributed by atoms with van der Waals surface area (Å²) in [6, 6.07) is 15.0. The molecule has 2 amide bonds. The Bertz CT molecular complexity index is 1010. The van der Waals surface area contributed by atoms with Crippen molar-refractivity contribution in [2.75, 3.05) is 20.3 Å². The van der Waals surface area contributed by atoms with Gasteiger partial charge in [0.2, 0.25) is 5.91 Å². The summed E-state index contributed by atoms with van der Waals surface area (Å²) < 4.78 is 10.8. The van der Waals surface area contributed by atoms with Crippen LogP contribution in [0.4, 0.5) is 4.79 Å². The maximum atomic E-state index is 12.8. The van der Waals surface area contributed by atoms with Crippen molar-refractivity contribution >= 4 is 18.0 Å². The number of carboxylic acids is 1. The summed E-state index contributed by atoms with van der Waals surface area (Å²) in [5.74, 6) is -1.65. The van der Waals surface area contributed by atoms with Gasteiger partial charge in [0.15, 0.2) is 0 Å².